The Labute approximate surface area is 172 Å². The van der Waals surface area contributed by atoms with Crippen LogP contribution in [0.1, 0.15) is 16.7 Å². The summed E-state index contributed by atoms with van der Waals surface area (Å²) >= 11 is 0. The molecule has 0 spiro atoms. The molecule has 2 aromatic carbocycles. The number of methoxy groups -OCH3 is 2. The van der Waals surface area contributed by atoms with Crippen molar-refractivity contribution in [3.63, 3.8) is 0 Å². The first-order valence-electron chi connectivity index (χ1n) is 9.45. The van der Waals surface area contributed by atoms with Crippen LogP contribution in [-0.2, 0) is 17.6 Å². The minimum absolute atomic E-state index is 0.0570. The van der Waals surface area contributed by atoms with Gasteiger partial charge in [-0.3, -0.25) is 4.79 Å². The molecule has 29 heavy (non-hydrogen) atoms. The molecule has 0 bridgehead atoms. The first-order valence-corrected chi connectivity index (χ1v) is 9.45. The first kappa shape index (κ1) is 21.8. The molecule has 6 heteroatoms. The lowest BCUT2D eigenvalue weighted by Gasteiger charge is -2.10. The average Bonchev–Trinajstić information content (AvgIpc) is 2.73. The Morgan fingerprint density at radius 2 is 1.76 bits per heavy atom. The summed E-state index contributed by atoms with van der Waals surface area (Å²) < 4.78 is 10.5. The van der Waals surface area contributed by atoms with Crippen LogP contribution in [0.25, 0.3) is 0 Å². The standard InChI is InChI=1S/C23H27N3O3/c1-17-5-4-6-18(13-17)9-11-25-16-20(15-24)23(27)26-12-10-19-7-8-21(28-2)22(14-19)29-3/h4-8,13-14,16,25H,9-12H2,1-3H3,(H,26,27)/b20-16-. The fraction of sp³-hybridized carbons (Fsp3) is 0.304. The van der Waals surface area contributed by atoms with E-state index in [9.17, 15) is 10.1 Å². The van der Waals surface area contributed by atoms with E-state index in [1.54, 1.807) is 14.2 Å². The minimum atomic E-state index is -0.393. The van der Waals surface area contributed by atoms with Gasteiger partial charge in [-0.15, -0.1) is 0 Å². The van der Waals surface area contributed by atoms with Gasteiger partial charge in [-0.2, -0.15) is 5.26 Å². The van der Waals surface area contributed by atoms with E-state index in [1.807, 2.05) is 30.3 Å². The van der Waals surface area contributed by atoms with Crippen molar-refractivity contribution in [2.45, 2.75) is 19.8 Å². The highest BCUT2D eigenvalue weighted by Crippen LogP contribution is 2.27. The fourth-order valence-electron chi connectivity index (χ4n) is 2.86. The van der Waals surface area contributed by atoms with E-state index in [0.717, 1.165) is 12.0 Å². The topological polar surface area (TPSA) is 83.4 Å². The minimum Gasteiger partial charge on any atom is -0.493 e. The number of nitrogens with one attached hydrogen (secondary N) is 2. The van der Waals surface area contributed by atoms with Gasteiger partial charge in [-0.05, 0) is 43.0 Å². The lowest BCUT2D eigenvalue weighted by Crippen LogP contribution is -2.28. The van der Waals surface area contributed by atoms with Gasteiger partial charge in [0.05, 0.1) is 14.2 Å². The number of carbonyl (C=O) groups is 1. The molecule has 0 aromatic heterocycles. The highest BCUT2D eigenvalue weighted by Gasteiger charge is 2.09. The van der Waals surface area contributed by atoms with E-state index < -0.39 is 5.91 Å². The molecule has 0 heterocycles. The second-order valence-corrected chi connectivity index (χ2v) is 6.56. The fourth-order valence-corrected chi connectivity index (χ4v) is 2.86. The highest BCUT2D eigenvalue weighted by molar-refractivity contribution is 5.97. The molecule has 2 aromatic rings. The number of nitrogens with zero attached hydrogens (tertiary/aromatic N) is 1. The van der Waals surface area contributed by atoms with Crippen LogP contribution in [0, 0.1) is 18.3 Å². The van der Waals surface area contributed by atoms with E-state index in [-0.39, 0.29) is 5.57 Å². The number of hydrogen-bond acceptors (Lipinski definition) is 5. The Balaban J connectivity index is 1.80. The molecular formula is C23H27N3O3. The van der Waals surface area contributed by atoms with Gasteiger partial charge in [-0.25, -0.2) is 0 Å². The van der Waals surface area contributed by atoms with Gasteiger partial charge in [0, 0.05) is 19.3 Å². The number of benzene rings is 2. The van der Waals surface area contributed by atoms with Crippen molar-refractivity contribution >= 4 is 5.91 Å². The lowest BCUT2D eigenvalue weighted by molar-refractivity contribution is -0.117. The molecule has 1 amide bonds. The molecule has 0 radical (unpaired) electrons. The zero-order valence-electron chi connectivity index (χ0n) is 17.1. The molecule has 0 aliphatic heterocycles. The van der Waals surface area contributed by atoms with Crippen molar-refractivity contribution in [3.05, 3.63) is 70.9 Å². The van der Waals surface area contributed by atoms with Crippen LogP contribution >= 0.6 is 0 Å². The monoisotopic (exact) mass is 393 g/mol. The molecule has 0 atom stereocenters. The van der Waals surface area contributed by atoms with E-state index >= 15 is 0 Å². The predicted molar refractivity (Wildman–Crippen MR) is 113 cm³/mol. The Bertz CT molecular complexity index is 900. The van der Waals surface area contributed by atoms with Gasteiger partial charge in [0.1, 0.15) is 11.6 Å². The summed E-state index contributed by atoms with van der Waals surface area (Å²) in [5.74, 6) is 0.912. The van der Waals surface area contributed by atoms with Gasteiger partial charge < -0.3 is 20.1 Å². The Kier molecular flexibility index (Phi) is 8.58. The van der Waals surface area contributed by atoms with Gasteiger partial charge in [-0.1, -0.05) is 35.9 Å². The summed E-state index contributed by atoms with van der Waals surface area (Å²) in [7, 11) is 3.17. The second kappa shape index (κ2) is 11.4. The summed E-state index contributed by atoms with van der Waals surface area (Å²) in [6, 6.07) is 15.8. The predicted octanol–water partition coefficient (Wildman–Crippen LogP) is 2.91. The van der Waals surface area contributed by atoms with Crippen molar-refractivity contribution in [2.24, 2.45) is 0 Å². The van der Waals surface area contributed by atoms with Crippen molar-refractivity contribution in [3.8, 4) is 17.6 Å². The number of amides is 1. The van der Waals surface area contributed by atoms with Crippen LogP contribution in [0.2, 0.25) is 0 Å². The number of rotatable bonds is 10. The zero-order chi connectivity index (χ0) is 21.1. The van der Waals surface area contributed by atoms with Gasteiger partial charge in [0.2, 0.25) is 0 Å². The molecule has 152 valence electrons. The number of nitriles is 1. The third kappa shape index (κ3) is 6.89. The number of hydrogen-bond donors (Lipinski definition) is 2. The SMILES string of the molecule is COc1ccc(CCNC(=O)/C(C#N)=C\NCCc2cccc(C)c2)cc1OC. The summed E-state index contributed by atoms with van der Waals surface area (Å²) in [6.45, 7) is 3.11. The molecule has 0 saturated heterocycles. The second-order valence-electron chi connectivity index (χ2n) is 6.56. The molecule has 0 fully saturated rings. The zero-order valence-corrected chi connectivity index (χ0v) is 17.1. The van der Waals surface area contributed by atoms with E-state index in [4.69, 9.17) is 9.47 Å². The summed E-state index contributed by atoms with van der Waals surface area (Å²) in [5, 5.41) is 15.1. The largest absolute Gasteiger partial charge is 0.493 e. The van der Waals surface area contributed by atoms with Crippen molar-refractivity contribution in [2.75, 3.05) is 27.3 Å². The molecule has 0 unspecified atom stereocenters. The van der Waals surface area contributed by atoms with Gasteiger partial charge >= 0.3 is 0 Å². The van der Waals surface area contributed by atoms with E-state index in [1.165, 1.54) is 17.3 Å². The van der Waals surface area contributed by atoms with Crippen molar-refractivity contribution in [1.29, 1.82) is 5.26 Å². The number of carbonyl (C=O) groups excluding carboxylic acids is 1. The number of aryl methyl sites for hydroxylation is 1. The maximum Gasteiger partial charge on any atom is 0.263 e. The maximum absolute atomic E-state index is 12.2. The molecule has 0 aliphatic rings. The lowest BCUT2D eigenvalue weighted by atomic mass is 10.1. The third-order valence-electron chi connectivity index (χ3n) is 4.40. The van der Waals surface area contributed by atoms with E-state index in [2.05, 4.69) is 35.8 Å². The molecule has 6 nitrogen and oxygen atoms in total. The Morgan fingerprint density at radius 1 is 1.03 bits per heavy atom. The first-order chi connectivity index (χ1) is 14.1. The molecule has 2 rings (SSSR count). The number of ether oxygens (including phenoxy) is 2. The Hall–Kier alpha value is -3.46. The van der Waals surface area contributed by atoms with E-state index in [0.29, 0.717) is 31.0 Å². The maximum atomic E-state index is 12.2. The smallest absolute Gasteiger partial charge is 0.263 e. The van der Waals surface area contributed by atoms with Gasteiger partial charge in [0.25, 0.3) is 5.91 Å². The van der Waals surface area contributed by atoms with Gasteiger partial charge in [0.15, 0.2) is 11.5 Å². The Morgan fingerprint density at radius 3 is 2.45 bits per heavy atom. The molecule has 0 saturated carbocycles. The van der Waals surface area contributed by atoms with Crippen LogP contribution in [-0.4, -0.2) is 33.2 Å². The summed E-state index contributed by atoms with van der Waals surface area (Å²) in [4.78, 5) is 12.2. The van der Waals surface area contributed by atoms with Crippen molar-refractivity contribution < 1.29 is 14.3 Å². The molecule has 0 aliphatic carbocycles. The quantitative estimate of drug-likeness (QED) is 0.368. The van der Waals surface area contributed by atoms with Crippen LogP contribution < -0.4 is 20.1 Å². The normalized spacial score (nSPS) is 10.8. The van der Waals surface area contributed by atoms with Crippen LogP contribution in [0.4, 0.5) is 0 Å². The molecular weight excluding hydrogens is 366 g/mol. The highest BCUT2D eigenvalue weighted by atomic mass is 16.5. The molecule has 2 N–H and O–H groups in total. The third-order valence-corrected chi connectivity index (χ3v) is 4.40. The summed E-state index contributed by atoms with van der Waals surface area (Å²) in [6.07, 6.45) is 2.91. The van der Waals surface area contributed by atoms with Crippen LogP contribution in [0.5, 0.6) is 11.5 Å². The summed E-state index contributed by atoms with van der Waals surface area (Å²) in [5.41, 5.74) is 3.48. The van der Waals surface area contributed by atoms with Crippen LogP contribution in [0.3, 0.4) is 0 Å². The van der Waals surface area contributed by atoms with Crippen LogP contribution in [0.15, 0.2) is 54.2 Å². The van der Waals surface area contributed by atoms with Crippen molar-refractivity contribution in [1.82, 2.24) is 10.6 Å². The average molecular weight is 393 g/mol.